The van der Waals surface area contributed by atoms with E-state index in [0.29, 0.717) is 68.2 Å². The second-order valence-corrected chi connectivity index (χ2v) is 10.8. The van der Waals surface area contributed by atoms with E-state index in [9.17, 15) is 28.2 Å². The third-order valence-electron chi connectivity index (χ3n) is 8.06. The molecule has 1 aliphatic rings. The van der Waals surface area contributed by atoms with Gasteiger partial charge in [0.25, 0.3) is 0 Å². The predicted molar refractivity (Wildman–Crippen MR) is 147 cm³/mol. The molecule has 0 radical (unpaired) electrons. The minimum absolute atomic E-state index is 0.00160. The van der Waals surface area contributed by atoms with Gasteiger partial charge in [0.2, 0.25) is 0 Å². The van der Waals surface area contributed by atoms with Gasteiger partial charge in [0.05, 0.1) is 36.0 Å². The number of rotatable bonds is 11. The normalized spacial score (nSPS) is 16.2. The molecule has 40 heavy (non-hydrogen) atoms. The second kappa shape index (κ2) is 12.4. The van der Waals surface area contributed by atoms with Crippen LogP contribution in [0.15, 0.2) is 36.5 Å². The van der Waals surface area contributed by atoms with Gasteiger partial charge >= 0.3 is 5.97 Å². The van der Waals surface area contributed by atoms with Crippen molar-refractivity contribution in [2.24, 2.45) is 5.41 Å². The van der Waals surface area contributed by atoms with Crippen LogP contribution in [0.25, 0.3) is 10.9 Å². The van der Waals surface area contributed by atoms with E-state index in [2.05, 4.69) is 9.88 Å². The number of likely N-dealkylation sites (tertiary alicyclic amines) is 1. The van der Waals surface area contributed by atoms with Crippen molar-refractivity contribution in [1.29, 1.82) is 0 Å². The minimum Gasteiger partial charge on any atom is -0.497 e. The van der Waals surface area contributed by atoms with E-state index in [1.807, 2.05) is 31.1 Å². The van der Waals surface area contributed by atoms with Gasteiger partial charge in [-0.05, 0) is 88.0 Å². The van der Waals surface area contributed by atoms with Gasteiger partial charge in [-0.15, -0.1) is 0 Å². The highest BCUT2D eigenvalue weighted by molar-refractivity contribution is 5.88. The number of ether oxygens (including phenoxy) is 1. The first-order chi connectivity index (χ1) is 19.0. The van der Waals surface area contributed by atoms with Gasteiger partial charge in [-0.25, -0.2) is 13.2 Å². The molecule has 10 heteroatoms. The number of benzene rings is 2. The molecule has 216 valence electrons. The van der Waals surface area contributed by atoms with Crippen molar-refractivity contribution in [2.45, 2.75) is 44.6 Å². The van der Waals surface area contributed by atoms with Crippen LogP contribution in [0.2, 0.25) is 0 Å². The number of hydrogen-bond donors (Lipinski definition) is 2. The summed E-state index contributed by atoms with van der Waals surface area (Å²) in [6, 6.07) is 7.02. The summed E-state index contributed by atoms with van der Waals surface area (Å²) < 4.78 is 46.3. The fourth-order valence-electron chi connectivity index (χ4n) is 5.63. The Morgan fingerprint density at radius 1 is 1.18 bits per heavy atom. The Morgan fingerprint density at radius 2 is 1.90 bits per heavy atom. The summed E-state index contributed by atoms with van der Waals surface area (Å²) in [5.41, 5.74) is 1.17. The zero-order valence-corrected chi connectivity index (χ0v) is 23.1. The highest BCUT2D eigenvalue weighted by Gasteiger charge is 2.41. The van der Waals surface area contributed by atoms with Crippen LogP contribution < -0.4 is 9.64 Å². The van der Waals surface area contributed by atoms with Crippen molar-refractivity contribution in [2.75, 3.05) is 45.7 Å². The van der Waals surface area contributed by atoms with Gasteiger partial charge in [0, 0.05) is 31.1 Å². The molecule has 1 saturated heterocycles. The summed E-state index contributed by atoms with van der Waals surface area (Å²) in [5, 5.41) is 22.4. The molecule has 1 aromatic heterocycles. The van der Waals surface area contributed by atoms with Crippen LogP contribution in [0.5, 0.6) is 5.75 Å². The maximum atomic E-state index is 14.0. The van der Waals surface area contributed by atoms with Crippen molar-refractivity contribution in [3.8, 4) is 5.75 Å². The quantitative estimate of drug-likeness (QED) is 0.307. The average Bonchev–Trinajstić information content (AvgIpc) is 2.93. The van der Waals surface area contributed by atoms with Crippen molar-refractivity contribution in [3.63, 3.8) is 0 Å². The SMILES string of the molecule is COc1ccc2ncc(N(C)C)c(C(O)CCC3(C(=O)O)CCN(CCCc4cc(F)cc(F)c4F)CC3)c2c1. The molecule has 1 atom stereocenters. The van der Waals surface area contributed by atoms with Crippen LogP contribution in [-0.4, -0.2) is 66.9 Å². The Morgan fingerprint density at radius 3 is 2.55 bits per heavy atom. The fraction of sp³-hybridized carbons (Fsp3) is 0.467. The van der Waals surface area contributed by atoms with Crippen LogP contribution in [0.4, 0.5) is 18.9 Å². The van der Waals surface area contributed by atoms with Crippen molar-refractivity contribution in [3.05, 3.63) is 65.1 Å². The van der Waals surface area contributed by atoms with E-state index in [4.69, 9.17) is 4.74 Å². The number of carboxylic acids is 1. The maximum Gasteiger partial charge on any atom is 0.309 e. The Labute approximate surface area is 232 Å². The number of carbonyl (C=O) groups is 1. The van der Waals surface area contributed by atoms with Crippen LogP contribution in [-0.2, 0) is 11.2 Å². The first-order valence-corrected chi connectivity index (χ1v) is 13.5. The number of nitrogens with zero attached hydrogens (tertiary/aromatic N) is 3. The Kier molecular flexibility index (Phi) is 9.20. The lowest BCUT2D eigenvalue weighted by Crippen LogP contribution is -2.44. The van der Waals surface area contributed by atoms with E-state index < -0.39 is 34.9 Å². The lowest BCUT2D eigenvalue weighted by molar-refractivity contribution is -0.153. The standard InChI is InChI=1S/C30H36F3N3O4/c1-35(2)25-18-34-24-7-6-21(40-3)17-22(24)27(25)26(37)8-9-30(29(38)39)10-13-36(14-11-30)12-4-5-19-15-20(31)16-23(32)28(19)33/h6-7,15-18,26,37H,4-5,8-14H2,1-3H3,(H,38,39). The highest BCUT2D eigenvalue weighted by atomic mass is 19.2. The Balaban J connectivity index is 1.41. The van der Waals surface area contributed by atoms with E-state index in [0.717, 1.165) is 17.1 Å². The molecule has 2 N–H and O–H groups in total. The summed E-state index contributed by atoms with van der Waals surface area (Å²) in [5.74, 6) is -3.28. The summed E-state index contributed by atoms with van der Waals surface area (Å²) in [7, 11) is 5.31. The summed E-state index contributed by atoms with van der Waals surface area (Å²) >= 11 is 0. The van der Waals surface area contributed by atoms with Crippen LogP contribution >= 0.6 is 0 Å². The predicted octanol–water partition coefficient (Wildman–Crippen LogP) is 5.34. The summed E-state index contributed by atoms with van der Waals surface area (Å²) in [4.78, 5) is 20.9. The molecule has 0 amide bonds. The van der Waals surface area contributed by atoms with E-state index in [-0.39, 0.29) is 18.4 Å². The number of methoxy groups -OCH3 is 1. The summed E-state index contributed by atoms with van der Waals surface area (Å²) in [6.45, 7) is 1.62. The van der Waals surface area contributed by atoms with E-state index >= 15 is 0 Å². The second-order valence-electron chi connectivity index (χ2n) is 10.8. The number of pyridine rings is 1. The molecule has 1 unspecified atom stereocenters. The largest absolute Gasteiger partial charge is 0.497 e. The molecule has 2 heterocycles. The zero-order chi connectivity index (χ0) is 29.0. The molecule has 4 rings (SSSR count). The average molecular weight is 560 g/mol. The molecule has 0 bridgehead atoms. The number of anilines is 1. The number of piperidine rings is 1. The molecule has 2 aromatic carbocycles. The minimum atomic E-state index is -1.20. The number of fused-ring (bicyclic) bond motifs is 1. The lowest BCUT2D eigenvalue weighted by Gasteiger charge is -2.39. The van der Waals surface area contributed by atoms with E-state index in [1.165, 1.54) is 0 Å². The van der Waals surface area contributed by atoms with Gasteiger partial charge in [-0.3, -0.25) is 9.78 Å². The number of aryl methyl sites for hydroxylation is 1. The molecule has 7 nitrogen and oxygen atoms in total. The number of aliphatic hydroxyl groups excluding tert-OH is 1. The third kappa shape index (κ3) is 6.33. The van der Waals surface area contributed by atoms with Crippen molar-refractivity contribution < 1.29 is 32.9 Å². The molecular formula is C30H36F3N3O4. The summed E-state index contributed by atoms with van der Waals surface area (Å²) in [6.07, 6.45) is 2.84. The number of aliphatic hydroxyl groups is 1. The number of carboxylic acid groups (broad SMARTS) is 1. The van der Waals surface area contributed by atoms with Gasteiger partial charge in [0.1, 0.15) is 11.6 Å². The van der Waals surface area contributed by atoms with E-state index in [1.54, 1.807) is 19.4 Å². The molecule has 1 fully saturated rings. The lowest BCUT2D eigenvalue weighted by atomic mass is 9.74. The molecule has 0 saturated carbocycles. The first kappa shape index (κ1) is 29.6. The maximum absolute atomic E-state index is 14.0. The van der Waals surface area contributed by atoms with Crippen LogP contribution in [0, 0.1) is 22.9 Å². The van der Waals surface area contributed by atoms with Crippen LogP contribution in [0.1, 0.15) is 49.3 Å². The molecule has 0 spiro atoms. The monoisotopic (exact) mass is 559 g/mol. The number of aromatic nitrogens is 1. The number of aliphatic carboxylic acids is 1. The molecule has 3 aromatic rings. The van der Waals surface area contributed by atoms with Crippen LogP contribution in [0.3, 0.4) is 0 Å². The molecule has 1 aliphatic heterocycles. The zero-order valence-electron chi connectivity index (χ0n) is 23.1. The molecular weight excluding hydrogens is 523 g/mol. The van der Waals surface area contributed by atoms with Gasteiger partial charge in [-0.2, -0.15) is 0 Å². The number of halogens is 3. The van der Waals surface area contributed by atoms with Gasteiger partial charge in [0.15, 0.2) is 11.6 Å². The number of hydrogen-bond acceptors (Lipinski definition) is 6. The third-order valence-corrected chi connectivity index (χ3v) is 8.06. The Bertz CT molecular complexity index is 1360. The fourth-order valence-corrected chi connectivity index (χ4v) is 5.63. The van der Waals surface area contributed by atoms with Crippen molar-refractivity contribution >= 4 is 22.6 Å². The Hall–Kier alpha value is -3.37. The smallest absolute Gasteiger partial charge is 0.309 e. The van der Waals surface area contributed by atoms with Gasteiger partial charge in [-0.1, -0.05) is 0 Å². The van der Waals surface area contributed by atoms with Gasteiger partial charge < -0.3 is 24.7 Å². The molecule has 0 aliphatic carbocycles. The topological polar surface area (TPSA) is 86.1 Å². The first-order valence-electron chi connectivity index (χ1n) is 13.5. The van der Waals surface area contributed by atoms with Crippen molar-refractivity contribution in [1.82, 2.24) is 9.88 Å². The highest BCUT2D eigenvalue weighted by Crippen LogP contribution is 2.41.